The molecule has 0 heterocycles. The van der Waals surface area contributed by atoms with Crippen molar-refractivity contribution in [3.63, 3.8) is 0 Å². The summed E-state index contributed by atoms with van der Waals surface area (Å²) in [6.07, 6.45) is 0. The number of hydrogen-bond donors (Lipinski definition) is 0. The van der Waals surface area contributed by atoms with Gasteiger partial charge in [0.2, 0.25) is 5.91 Å². The fourth-order valence-electron chi connectivity index (χ4n) is 1.26. The zero-order valence-electron chi connectivity index (χ0n) is 9.33. The summed E-state index contributed by atoms with van der Waals surface area (Å²) >= 11 is 9.46. The normalized spacial score (nSPS) is 12.1. The van der Waals surface area contributed by atoms with E-state index in [-0.39, 0.29) is 5.91 Å². The highest BCUT2D eigenvalue weighted by Gasteiger charge is 2.23. The fourth-order valence-corrected chi connectivity index (χ4v) is 2.01. The Balaban J connectivity index is 3.11. The first-order valence-electron chi connectivity index (χ1n) is 4.66. The van der Waals surface area contributed by atoms with E-state index < -0.39 is 5.38 Å². The maximum Gasteiger partial charge on any atom is 0.244 e. The van der Waals surface area contributed by atoms with E-state index in [0.717, 1.165) is 4.47 Å². The summed E-state index contributed by atoms with van der Waals surface area (Å²) < 4.78 is 6.04. The number of amides is 1. The van der Waals surface area contributed by atoms with Crippen LogP contribution in [0.3, 0.4) is 0 Å². The highest BCUT2D eigenvalue weighted by atomic mass is 79.9. The lowest BCUT2D eigenvalue weighted by atomic mass is 10.1. The molecule has 1 aromatic rings. The molecule has 0 aromatic heterocycles. The Hall–Kier alpha value is -0.740. The lowest BCUT2D eigenvalue weighted by Crippen LogP contribution is -2.25. The summed E-state index contributed by atoms with van der Waals surface area (Å²) in [6.45, 7) is 0. The third-order valence-electron chi connectivity index (χ3n) is 2.12. The van der Waals surface area contributed by atoms with Crippen LogP contribution < -0.4 is 4.74 Å². The van der Waals surface area contributed by atoms with Gasteiger partial charge in [-0.15, -0.1) is 11.6 Å². The summed E-state index contributed by atoms with van der Waals surface area (Å²) in [7, 11) is 4.89. The van der Waals surface area contributed by atoms with Crippen molar-refractivity contribution in [3.8, 4) is 5.75 Å². The molecule has 0 radical (unpaired) electrons. The topological polar surface area (TPSA) is 29.5 Å². The molecule has 0 saturated heterocycles. The number of halogens is 2. The van der Waals surface area contributed by atoms with Crippen molar-refractivity contribution < 1.29 is 9.53 Å². The van der Waals surface area contributed by atoms with E-state index in [2.05, 4.69) is 15.9 Å². The molecule has 16 heavy (non-hydrogen) atoms. The summed E-state index contributed by atoms with van der Waals surface area (Å²) in [4.78, 5) is 13.2. The molecule has 88 valence electrons. The zero-order chi connectivity index (χ0) is 12.3. The second-order valence-electron chi connectivity index (χ2n) is 3.48. The number of benzene rings is 1. The first kappa shape index (κ1) is 13.3. The van der Waals surface area contributed by atoms with Gasteiger partial charge in [-0.2, -0.15) is 0 Å². The van der Waals surface area contributed by atoms with Crippen LogP contribution in [0.25, 0.3) is 0 Å². The van der Waals surface area contributed by atoms with Crippen LogP contribution in [0.1, 0.15) is 10.9 Å². The van der Waals surface area contributed by atoms with Crippen molar-refractivity contribution in [2.75, 3.05) is 21.2 Å². The lowest BCUT2D eigenvalue weighted by molar-refractivity contribution is -0.128. The molecule has 0 aliphatic rings. The molecular formula is C11H13BrClNO2. The predicted molar refractivity (Wildman–Crippen MR) is 68.0 cm³/mol. The van der Waals surface area contributed by atoms with Gasteiger partial charge in [0.15, 0.2) is 0 Å². The van der Waals surface area contributed by atoms with E-state index in [1.54, 1.807) is 33.3 Å². The Kier molecular flexibility index (Phi) is 4.62. The molecule has 5 heteroatoms. The number of hydrogen-bond acceptors (Lipinski definition) is 2. The molecule has 1 unspecified atom stereocenters. The van der Waals surface area contributed by atoms with E-state index in [1.807, 2.05) is 6.07 Å². The van der Waals surface area contributed by atoms with Crippen LogP contribution in [0.2, 0.25) is 0 Å². The van der Waals surface area contributed by atoms with E-state index in [0.29, 0.717) is 11.3 Å². The molecule has 0 aliphatic carbocycles. The third kappa shape index (κ3) is 2.89. The average Bonchev–Trinajstić information content (AvgIpc) is 2.26. The summed E-state index contributed by atoms with van der Waals surface area (Å²) in [5, 5.41) is -0.734. The van der Waals surface area contributed by atoms with Gasteiger partial charge in [0.1, 0.15) is 11.1 Å². The molecular weight excluding hydrogens is 293 g/mol. The maximum absolute atomic E-state index is 11.7. The van der Waals surface area contributed by atoms with Crippen LogP contribution in [-0.4, -0.2) is 32.0 Å². The number of nitrogens with zero attached hydrogens (tertiary/aromatic N) is 1. The van der Waals surface area contributed by atoms with E-state index in [9.17, 15) is 4.79 Å². The van der Waals surface area contributed by atoms with E-state index in [1.165, 1.54) is 4.90 Å². The second kappa shape index (κ2) is 5.55. The number of methoxy groups -OCH3 is 1. The van der Waals surface area contributed by atoms with Crippen LogP contribution >= 0.6 is 27.5 Å². The summed E-state index contributed by atoms with van der Waals surface area (Å²) in [5.41, 5.74) is 0.664. The molecule has 0 fully saturated rings. The molecule has 0 N–H and O–H groups in total. The predicted octanol–water partition coefficient (Wildman–Crippen LogP) is 2.83. The van der Waals surface area contributed by atoms with Crippen LogP contribution in [0.4, 0.5) is 0 Å². The van der Waals surface area contributed by atoms with Gasteiger partial charge in [-0.1, -0.05) is 15.9 Å². The van der Waals surface area contributed by atoms with Crippen molar-refractivity contribution >= 4 is 33.4 Å². The number of ether oxygens (including phenoxy) is 1. The molecule has 1 aromatic carbocycles. The van der Waals surface area contributed by atoms with Gasteiger partial charge in [0, 0.05) is 24.1 Å². The number of rotatable bonds is 3. The van der Waals surface area contributed by atoms with Crippen LogP contribution in [0.5, 0.6) is 5.75 Å². The first-order valence-corrected chi connectivity index (χ1v) is 5.89. The van der Waals surface area contributed by atoms with Gasteiger partial charge >= 0.3 is 0 Å². The Labute approximate surface area is 108 Å². The minimum absolute atomic E-state index is 0.168. The Morgan fingerprint density at radius 3 is 2.62 bits per heavy atom. The van der Waals surface area contributed by atoms with Crippen molar-refractivity contribution in [1.29, 1.82) is 0 Å². The Morgan fingerprint density at radius 1 is 1.50 bits per heavy atom. The van der Waals surface area contributed by atoms with E-state index in [4.69, 9.17) is 16.3 Å². The van der Waals surface area contributed by atoms with Gasteiger partial charge in [0.25, 0.3) is 0 Å². The van der Waals surface area contributed by atoms with Crippen LogP contribution in [0.15, 0.2) is 22.7 Å². The van der Waals surface area contributed by atoms with Gasteiger partial charge in [0.05, 0.1) is 7.11 Å². The highest BCUT2D eigenvalue weighted by Crippen LogP contribution is 2.33. The number of carbonyl (C=O) groups is 1. The summed E-state index contributed by atoms with van der Waals surface area (Å²) in [6, 6.07) is 5.40. The second-order valence-corrected chi connectivity index (χ2v) is 4.83. The molecule has 0 spiro atoms. The summed E-state index contributed by atoms with van der Waals surface area (Å²) in [5.74, 6) is 0.441. The minimum Gasteiger partial charge on any atom is -0.496 e. The van der Waals surface area contributed by atoms with Gasteiger partial charge < -0.3 is 9.64 Å². The standard InChI is InChI=1S/C11H13BrClNO2/c1-14(2)11(15)10(13)8-6-7(12)4-5-9(8)16-3/h4-6,10H,1-3H3. The quantitative estimate of drug-likeness (QED) is 0.804. The molecule has 1 amide bonds. The fraction of sp³-hybridized carbons (Fsp3) is 0.364. The van der Waals surface area contributed by atoms with Crippen molar-refractivity contribution in [3.05, 3.63) is 28.2 Å². The Morgan fingerprint density at radius 2 is 2.12 bits per heavy atom. The molecule has 3 nitrogen and oxygen atoms in total. The first-order chi connectivity index (χ1) is 7.47. The third-order valence-corrected chi connectivity index (χ3v) is 3.04. The van der Waals surface area contributed by atoms with Gasteiger partial charge in [-0.25, -0.2) is 0 Å². The van der Waals surface area contributed by atoms with Crippen molar-refractivity contribution in [1.82, 2.24) is 4.90 Å². The molecule has 0 bridgehead atoms. The van der Waals surface area contributed by atoms with Crippen LogP contribution in [-0.2, 0) is 4.79 Å². The average molecular weight is 307 g/mol. The lowest BCUT2D eigenvalue weighted by Gasteiger charge is -2.17. The smallest absolute Gasteiger partial charge is 0.244 e. The SMILES string of the molecule is COc1ccc(Br)cc1C(Cl)C(=O)N(C)C. The number of alkyl halides is 1. The molecule has 0 aliphatic heterocycles. The highest BCUT2D eigenvalue weighted by molar-refractivity contribution is 9.10. The minimum atomic E-state index is -0.734. The Bertz CT molecular complexity index is 396. The van der Waals surface area contributed by atoms with Crippen molar-refractivity contribution in [2.45, 2.75) is 5.38 Å². The molecule has 1 rings (SSSR count). The largest absolute Gasteiger partial charge is 0.496 e. The van der Waals surface area contributed by atoms with Gasteiger partial charge in [-0.3, -0.25) is 4.79 Å². The number of likely N-dealkylation sites (N-methyl/N-ethyl adjacent to an activating group) is 1. The maximum atomic E-state index is 11.7. The molecule has 1 atom stereocenters. The van der Waals surface area contributed by atoms with Crippen molar-refractivity contribution in [2.24, 2.45) is 0 Å². The van der Waals surface area contributed by atoms with Gasteiger partial charge in [-0.05, 0) is 18.2 Å². The van der Waals surface area contributed by atoms with E-state index >= 15 is 0 Å². The molecule has 0 saturated carbocycles. The zero-order valence-corrected chi connectivity index (χ0v) is 11.7. The monoisotopic (exact) mass is 305 g/mol. The van der Waals surface area contributed by atoms with Crippen LogP contribution in [0, 0.1) is 0 Å². The number of carbonyl (C=O) groups excluding carboxylic acids is 1.